The molecule has 7 heteroatoms. The van der Waals surface area contributed by atoms with E-state index < -0.39 is 0 Å². The average Bonchev–Trinajstić information content (AvgIpc) is 3.08. The molecule has 1 amide bonds. The Balaban J connectivity index is 0.00000242. The van der Waals surface area contributed by atoms with E-state index in [4.69, 9.17) is 0 Å². The van der Waals surface area contributed by atoms with Gasteiger partial charge in [0.25, 0.3) is 0 Å². The van der Waals surface area contributed by atoms with Gasteiger partial charge in [0.2, 0.25) is 5.91 Å². The molecule has 0 saturated heterocycles. The van der Waals surface area contributed by atoms with Crippen molar-refractivity contribution in [2.75, 3.05) is 20.2 Å². The van der Waals surface area contributed by atoms with E-state index in [-0.39, 0.29) is 36.4 Å². The number of halogens is 1. The van der Waals surface area contributed by atoms with Gasteiger partial charge in [-0.05, 0) is 31.7 Å². The number of nitrogens with zero attached hydrogens (tertiary/aromatic N) is 2. The van der Waals surface area contributed by atoms with Crippen LogP contribution in [0.2, 0.25) is 0 Å². The van der Waals surface area contributed by atoms with Crippen LogP contribution in [0.4, 0.5) is 0 Å². The number of carbonyl (C=O) groups excluding carboxylic acids is 1. The molecule has 1 aliphatic rings. The lowest BCUT2D eigenvalue weighted by Gasteiger charge is -2.29. The zero-order chi connectivity index (χ0) is 15.3. The third kappa shape index (κ3) is 4.44. The van der Waals surface area contributed by atoms with Crippen LogP contribution in [0.3, 0.4) is 0 Å². The second kappa shape index (κ2) is 8.50. The van der Waals surface area contributed by atoms with Gasteiger partial charge in [0.1, 0.15) is 6.04 Å². The second-order valence-corrected chi connectivity index (χ2v) is 6.07. The summed E-state index contributed by atoms with van der Waals surface area (Å²) in [4.78, 5) is 12.4. The van der Waals surface area contributed by atoms with Crippen LogP contribution < -0.4 is 10.6 Å². The van der Waals surface area contributed by atoms with E-state index in [0.717, 1.165) is 24.8 Å². The molecule has 2 rings (SSSR count). The SMILES string of the molecule is CNC(C(=O)NCC1(CCO)CCCC1)c1cnn(C)c1.Cl. The quantitative estimate of drug-likeness (QED) is 0.701. The lowest BCUT2D eigenvalue weighted by Crippen LogP contribution is -2.41. The molecule has 1 saturated carbocycles. The number of rotatable bonds is 7. The first-order valence-electron chi connectivity index (χ1n) is 7.65. The summed E-state index contributed by atoms with van der Waals surface area (Å²) in [6, 6.07) is -0.383. The number of carbonyl (C=O) groups is 1. The van der Waals surface area contributed by atoms with Crippen LogP contribution in [-0.4, -0.2) is 41.0 Å². The molecule has 0 spiro atoms. The van der Waals surface area contributed by atoms with Crippen molar-refractivity contribution in [3.05, 3.63) is 18.0 Å². The third-order valence-corrected chi connectivity index (χ3v) is 4.55. The molecule has 0 aliphatic heterocycles. The number of aryl methyl sites for hydroxylation is 1. The summed E-state index contributed by atoms with van der Waals surface area (Å²) >= 11 is 0. The van der Waals surface area contributed by atoms with Crippen LogP contribution in [0.15, 0.2) is 12.4 Å². The van der Waals surface area contributed by atoms with Crippen molar-refractivity contribution in [3.8, 4) is 0 Å². The molecule has 1 unspecified atom stereocenters. The van der Waals surface area contributed by atoms with E-state index in [2.05, 4.69) is 15.7 Å². The molecule has 1 atom stereocenters. The first-order chi connectivity index (χ1) is 10.1. The highest BCUT2D eigenvalue weighted by Gasteiger charge is 2.34. The highest BCUT2D eigenvalue weighted by Crippen LogP contribution is 2.40. The molecule has 126 valence electrons. The minimum Gasteiger partial charge on any atom is -0.396 e. The minimum atomic E-state index is -0.383. The van der Waals surface area contributed by atoms with Crippen LogP contribution in [-0.2, 0) is 11.8 Å². The molecule has 0 bridgehead atoms. The maximum absolute atomic E-state index is 12.4. The molecule has 1 fully saturated rings. The zero-order valence-corrected chi connectivity index (χ0v) is 14.2. The van der Waals surface area contributed by atoms with Crippen molar-refractivity contribution < 1.29 is 9.90 Å². The van der Waals surface area contributed by atoms with E-state index in [1.165, 1.54) is 12.8 Å². The van der Waals surface area contributed by atoms with Gasteiger partial charge in [-0.1, -0.05) is 12.8 Å². The Hall–Kier alpha value is -1.11. The molecular formula is C15H27ClN4O2. The van der Waals surface area contributed by atoms with Gasteiger partial charge in [-0.2, -0.15) is 5.10 Å². The summed E-state index contributed by atoms with van der Waals surface area (Å²) in [7, 11) is 3.61. The van der Waals surface area contributed by atoms with Crippen LogP contribution >= 0.6 is 12.4 Å². The van der Waals surface area contributed by atoms with Crippen molar-refractivity contribution >= 4 is 18.3 Å². The van der Waals surface area contributed by atoms with Gasteiger partial charge in [-0.15, -0.1) is 12.4 Å². The van der Waals surface area contributed by atoms with Gasteiger partial charge >= 0.3 is 0 Å². The molecule has 1 aliphatic carbocycles. The van der Waals surface area contributed by atoms with Crippen molar-refractivity contribution in [3.63, 3.8) is 0 Å². The molecule has 0 radical (unpaired) electrons. The number of aromatic nitrogens is 2. The maximum Gasteiger partial charge on any atom is 0.241 e. The zero-order valence-electron chi connectivity index (χ0n) is 13.3. The highest BCUT2D eigenvalue weighted by molar-refractivity contribution is 5.85. The predicted molar refractivity (Wildman–Crippen MR) is 87.9 cm³/mol. The maximum atomic E-state index is 12.4. The van der Waals surface area contributed by atoms with Crippen molar-refractivity contribution in [2.45, 2.75) is 38.1 Å². The summed E-state index contributed by atoms with van der Waals surface area (Å²) in [5.74, 6) is -0.0327. The summed E-state index contributed by atoms with van der Waals surface area (Å²) < 4.78 is 1.69. The number of hydrogen-bond acceptors (Lipinski definition) is 4. The fourth-order valence-corrected chi connectivity index (χ4v) is 3.29. The molecular weight excluding hydrogens is 304 g/mol. The summed E-state index contributed by atoms with van der Waals surface area (Å²) in [6.07, 6.45) is 8.88. The first kappa shape index (κ1) is 18.9. The molecule has 0 aromatic carbocycles. The number of amides is 1. The number of aliphatic hydroxyl groups is 1. The molecule has 1 aromatic rings. The summed E-state index contributed by atoms with van der Waals surface area (Å²) in [5, 5.41) is 19.5. The van der Waals surface area contributed by atoms with E-state index >= 15 is 0 Å². The first-order valence-corrected chi connectivity index (χ1v) is 7.65. The minimum absolute atomic E-state index is 0. The Morgan fingerprint density at radius 3 is 2.68 bits per heavy atom. The standard InChI is InChI=1S/C15H26N4O2.ClH/c1-16-13(12-9-18-19(2)10-12)14(21)17-11-15(7-8-20)5-3-4-6-15;/h9-10,13,16,20H,3-8,11H2,1-2H3,(H,17,21);1H. The Morgan fingerprint density at radius 1 is 1.50 bits per heavy atom. The number of aliphatic hydroxyl groups excluding tert-OH is 1. The normalized spacial score (nSPS) is 17.8. The van der Waals surface area contributed by atoms with Crippen molar-refractivity contribution in [1.82, 2.24) is 20.4 Å². The lowest BCUT2D eigenvalue weighted by molar-refractivity contribution is -0.123. The van der Waals surface area contributed by atoms with E-state index in [9.17, 15) is 9.90 Å². The average molecular weight is 331 g/mol. The molecule has 22 heavy (non-hydrogen) atoms. The smallest absolute Gasteiger partial charge is 0.241 e. The third-order valence-electron chi connectivity index (χ3n) is 4.55. The molecule has 3 N–H and O–H groups in total. The van der Waals surface area contributed by atoms with Crippen molar-refractivity contribution in [1.29, 1.82) is 0 Å². The van der Waals surface area contributed by atoms with E-state index in [0.29, 0.717) is 6.54 Å². The van der Waals surface area contributed by atoms with Gasteiger partial charge in [-0.3, -0.25) is 9.48 Å². The molecule has 6 nitrogen and oxygen atoms in total. The van der Waals surface area contributed by atoms with Crippen molar-refractivity contribution in [2.24, 2.45) is 12.5 Å². The Kier molecular flexibility index (Phi) is 7.32. The Bertz CT molecular complexity index is 472. The largest absolute Gasteiger partial charge is 0.396 e. The lowest BCUT2D eigenvalue weighted by atomic mass is 9.83. The fraction of sp³-hybridized carbons (Fsp3) is 0.733. The predicted octanol–water partition coefficient (Wildman–Crippen LogP) is 1.16. The number of nitrogens with one attached hydrogen (secondary N) is 2. The van der Waals surface area contributed by atoms with Crippen LogP contribution in [0, 0.1) is 5.41 Å². The molecule has 1 aromatic heterocycles. The van der Waals surface area contributed by atoms with Gasteiger partial charge in [0.05, 0.1) is 6.20 Å². The summed E-state index contributed by atoms with van der Waals surface area (Å²) in [6.45, 7) is 0.832. The Morgan fingerprint density at radius 2 is 2.18 bits per heavy atom. The van der Waals surface area contributed by atoms with E-state index in [1.54, 1.807) is 17.9 Å². The number of hydrogen-bond donors (Lipinski definition) is 3. The van der Waals surface area contributed by atoms with E-state index in [1.807, 2.05) is 13.2 Å². The summed E-state index contributed by atoms with van der Waals surface area (Å²) in [5.41, 5.74) is 0.942. The van der Waals surface area contributed by atoms with Crippen LogP contribution in [0.1, 0.15) is 43.7 Å². The highest BCUT2D eigenvalue weighted by atomic mass is 35.5. The number of likely N-dealkylation sites (N-methyl/N-ethyl adjacent to an activating group) is 1. The fourth-order valence-electron chi connectivity index (χ4n) is 3.29. The van der Waals surface area contributed by atoms with Crippen LogP contribution in [0.5, 0.6) is 0 Å². The monoisotopic (exact) mass is 330 g/mol. The van der Waals surface area contributed by atoms with Gasteiger partial charge < -0.3 is 15.7 Å². The second-order valence-electron chi connectivity index (χ2n) is 6.07. The van der Waals surface area contributed by atoms with Gasteiger partial charge in [0, 0.05) is 32.0 Å². The Labute approximate surface area is 138 Å². The molecule has 1 heterocycles. The van der Waals surface area contributed by atoms with Crippen LogP contribution in [0.25, 0.3) is 0 Å². The topological polar surface area (TPSA) is 79.2 Å². The van der Waals surface area contributed by atoms with Gasteiger partial charge in [0.15, 0.2) is 0 Å². The van der Waals surface area contributed by atoms with Gasteiger partial charge in [-0.25, -0.2) is 0 Å².